The Hall–Kier alpha value is -2.94. The average molecular weight is 435 g/mol. The first kappa shape index (κ1) is 19.5. The third-order valence-electron chi connectivity index (χ3n) is 8.69. The topological polar surface area (TPSA) is 21.2 Å². The van der Waals surface area contributed by atoms with Crippen LogP contribution in [-0.4, -0.2) is 9.38 Å². The summed E-state index contributed by atoms with van der Waals surface area (Å²) < 4.78 is 4.95. The minimum absolute atomic E-state index is 0.704. The second kappa shape index (κ2) is 7.28. The zero-order valence-corrected chi connectivity index (χ0v) is 19.8. The van der Waals surface area contributed by atoms with Crippen LogP contribution in [0.3, 0.4) is 0 Å². The molecule has 2 aromatic carbocycles. The van der Waals surface area contributed by atoms with Crippen LogP contribution in [0.25, 0.3) is 38.5 Å². The summed E-state index contributed by atoms with van der Waals surface area (Å²) in [7, 11) is 2.24. The first-order valence-corrected chi connectivity index (χ1v) is 12.9. The summed E-state index contributed by atoms with van der Waals surface area (Å²) in [6.45, 7) is 2.23. The number of aromatic nitrogens is 3. The average Bonchev–Trinajstić information content (AvgIpc) is 3.61. The van der Waals surface area contributed by atoms with E-state index in [1.165, 1.54) is 101 Å². The molecule has 166 valence electrons. The third kappa shape index (κ3) is 2.81. The van der Waals surface area contributed by atoms with Gasteiger partial charge >= 0.3 is 0 Å². The highest BCUT2D eigenvalue weighted by molar-refractivity contribution is 6.11. The predicted molar refractivity (Wildman–Crippen MR) is 136 cm³/mol. The summed E-state index contributed by atoms with van der Waals surface area (Å²) in [5.74, 6) is 1.43. The van der Waals surface area contributed by atoms with Crippen LogP contribution in [0.15, 0.2) is 48.7 Å². The number of rotatable bonds is 2. The number of imidazole rings is 1. The van der Waals surface area contributed by atoms with E-state index in [4.69, 9.17) is 4.98 Å². The minimum Gasteiger partial charge on any atom is -0.255 e. The van der Waals surface area contributed by atoms with Gasteiger partial charge in [0.05, 0.1) is 18.0 Å². The van der Waals surface area contributed by atoms with Gasteiger partial charge in [-0.3, -0.25) is 4.98 Å². The molecule has 0 saturated heterocycles. The molecule has 0 unspecified atom stereocenters. The molecule has 0 atom stereocenters. The Balaban J connectivity index is 1.62. The Morgan fingerprint density at radius 2 is 1.48 bits per heavy atom. The molecule has 0 radical (unpaired) electrons. The van der Waals surface area contributed by atoms with Crippen LogP contribution in [0.1, 0.15) is 79.9 Å². The Labute approximate surface area is 195 Å². The number of aryl methyl sites for hydroxylation is 2. The molecule has 2 aliphatic rings. The van der Waals surface area contributed by atoms with Gasteiger partial charge in [0, 0.05) is 11.6 Å². The van der Waals surface area contributed by atoms with Crippen LogP contribution in [0, 0.1) is 6.92 Å². The van der Waals surface area contributed by atoms with E-state index >= 15 is 0 Å². The molecule has 3 nitrogen and oxygen atoms in total. The van der Waals surface area contributed by atoms with Crippen molar-refractivity contribution in [1.82, 2.24) is 9.38 Å². The normalized spacial score (nSPS) is 18.0. The largest absolute Gasteiger partial charge is 0.297 e. The van der Waals surface area contributed by atoms with Crippen molar-refractivity contribution in [1.29, 1.82) is 0 Å². The number of nitrogens with zero attached hydrogens (tertiary/aromatic N) is 3. The van der Waals surface area contributed by atoms with Crippen LogP contribution in [-0.2, 0) is 7.05 Å². The van der Waals surface area contributed by atoms with E-state index in [2.05, 4.69) is 65.4 Å². The first-order chi connectivity index (χ1) is 16.2. The molecular weight excluding hydrogens is 402 g/mol. The van der Waals surface area contributed by atoms with Gasteiger partial charge in [-0.05, 0) is 91.5 Å². The molecule has 2 fully saturated rings. The zero-order valence-electron chi connectivity index (χ0n) is 19.8. The minimum atomic E-state index is 0.704. The molecule has 0 aliphatic heterocycles. The number of hydrogen-bond donors (Lipinski definition) is 0. The van der Waals surface area contributed by atoms with Crippen molar-refractivity contribution in [2.24, 2.45) is 7.05 Å². The molecular formula is C30H32N3+. The lowest BCUT2D eigenvalue weighted by Gasteiger charge is -2.12. The Morgan fingerprint density at radius 1 is 0.818 bits per heavy atom. The second-order valence-corrected chi connectivity index (χ2v) is 10.6. The van der Waals surface area contributed by atoms with E-state index < -0.39 is 0 Å². The maximum Gasteiger partial charge on any atom is 0.297 e. The highest BCUT2D eigenvalue weighted by atomic mass is 15.1. The second-order valence-electron chi connectivity index (χ2n) is 10.6. The maximum atomic E-state index is 4.91. The maximum absolute atomic E-state index is 4.91. The highest BCUT2D eigenvalue weighted by Gasteiger charge is 2.27. The summed E-state index contributed by atoms with van der Waals surface area (Å²) in [6, 6.07) is 16.6. The van der Waals surface area contributed by atoms with Gasteiger partial charge in [-0.1, -0.05) is 37.8 Å². The molecule has 3 heterocycles. The number of pyridine rings is 2. The molecule has 2 aliphatic carbocycles. The van der Waals surface area contributed by atoms with Gasteiger partial charge in [0.25, 0.3) is 5.65 Å². The number of fused-ring (bicyclic) bond motifs is 8. The fourth-order valence-electron chi connectivity index (χ4n) is 6.90. The smallest absolute Gasteiger partial charge is 0.255 e. The van der Waals surface area contributed by atoms with Crippen molar-refractivity contribution in [2.75, 3.05) is 0 Å². The van der Waals surface area contributed by atoms with Gasteiger partial charge in [-0.2, -0.15) is 4.40 Å². The van der Waals surface area contributed by atoms with Gasteiger partial charge in [-0.25, -0.2) is 4.57 Å². The van der Waals surface area contributed by atoms with E-state index in [1.54, 1.807) is 0 Å². The molecule has 0 amide bonds. The van der Waals surface area contributed by atoms with Crippen molar-refractivity contribution >= 4 is 38.5 Å². The molecule has 5 aromatic rings. The molecule has 7 rings (SSSR count). The molecule has 3 heteroatoms. The molecule has 0 spiro atoms. The molecule has 0 bridgehead atoms. The van der Waals surface area contributed by atoms with E-state index in [0.29, 0.717) is 5.92 Å². The lowest BCUT2D eigenvalue weighted by atomic mass is 9.95. The van der Waals surface area contributed by atoms with Gasteiger partial charge < -0.3 is 0 Å². The van der Waals surface area contributed by atoms with E-state index in [-0.39, 0.29) is 0 Å². The number of benzene rings is 2. The Morgan fingerprint density at radius 3 is 2.21 bits per heavy atom. The fraction of sp³-hybridized carbons (Fsp3) is 0.400. The summed E-state index contributed by atoms with van der Waals surface area (Å²) >= 11 is 0. The van der Waals surface area contributed by atoms with Crippen molar-refractivity contribution in [3.63, 3.8) is 0 Å². The molecule has 0 N–H and O–H groups in total. The predicted octanol–water partition coefficient (Wildman–Crippen LogP) is 7.24. The van der Waals surface area contributed by atoms with E-state index in [1.807, 2.05) is 6.20 Å². The van der Waals surface area contributed by atoms with Gasteiger partial charge in [0.15, 0.2) is 11.0 Å². The van der Waals surface area contributed by atoms with Crippen LogP contribution in [0.2, 0.25) is 0 Å². The monoisotopic (exact) mass is 434 g/mol. The van der Waals surface area contributed by atoms with Crippen molar-refractivity contribution in [2.45, 2.75) is 70.1 Å². The van der Waals surface area contributed by atoms with Crippen molar-refractivity contribution < 1.29 is 4.57 Å². The summed E-state index contributed by atoms with van der Waals surface area (Å²) in [4.78, 5) is 4.91. The summed E-state index contributed by atoms with van der Waals surface area (Å²) in [5, 5.41) is 2.54. The fourth-order valence-corrected chi connectivity index (χ4v) is 6.90. The molecule has 2 saturated carbocycles. The molecule has 33 heavy (non-hydrogen) atoms. The van der Waals surface area contributed by atoms with E-state index in [0.717, 1.165) is 11.4 Å². The third-order valence-corrected chi connectivity index (χ3v) is 8.69. The summed E-state index contributed by atoms with van der Waals surface area (Å²) in [6.07, 6.45) is 12.8. The Bertz CT molecular complexity index is 1550. The number of hydrogen-bond acceptors (Lipinski definition) is 1. The Kier molecular flexibility index (Phi) is 4.31. The van der Waals surface area contributed by atoms with Crippen LogP contribution >= 0.6 is 0 Å². The quantitative estimate of drug-likeness (QED) is 0.212. The molecule has 3 aromatic heterocycles. The zero-order chi connectivity index (χ0) is 22.1. The van der Waals surface area contributed by atoms with Gasteiger partial charge in [0.1, 0.15) is 5.52 Å². The lowest BCUT2D eigenvalue weighted by molar-refractivity contribution is -0.617. The first-order valence-electron chi connectivity index (χ1n) is 12.9. The van der Waals surface area contributed by atoms with Crippen LogP contribution in [0.4, 0.5) is 0 Å². The van der Waals surface area contributed by atoms with Gasteiger partial charge in [-0.15, -0.1) is 0 Å². The van der Waals surface area contributed by atoms with Crippen LogP contribution in [0.5, 0.6) is 0 Å². The summed E-state index contributed by atoms with van der Waals surface area (Å²) in [5.41, 5.74) is 10.7. The SMILES string of the molecule is Cc1ccnc2c3ccc(C4CCCC4)cc3n3c4ccc(C5CCCC5)cc4[n+](C)c3c12. The van der Waals surface area contributed by atoms with Crippen molar-refractivity contribution in [3.05, 3.63) is 65.4 Å². The van der Waals surface area contributed by atoms with Crippen molar-refractivity contribution in [3.8, 4) is 0 Å². The van der Waals surface area contributed by atoms with E-state index in [9.17, 15) is 0 Å². The van der Waals surface area contributed by atoms with Crippen LogP contribution < -0.4 is 4.57 Å². The van der Waals surface area contributed by atoms with Gasteiger partial charge in [0.2, 0.25) is 0 Å². The highest BCUT2D eigenvalue weighted by Crippen LogP contribution is 2.39. The lowest BCUT2D eigenvalue weighted by Crippen LogP contribution is -2.27. The standard InChI is InChI=1S/C30H32N3/c1-19-15-16-31-29-24-13-11-22(20-7-3-4-8-20)17-26(24)33-25-14-12-23(21-9-5-6-10-21)18-27(25)32(2)30(33)28(19)29/h11-18,20-21H,3-10H2,1-2H3/q+1.